The molecule has 162 valence electrons. The van der Waals surface area contributed by atoms with Crippen molar-refractivity contribution >= 4 is 17.7 Å². The van der Waals surface area contributed by atoms with Crippen LogP contribution in [0.5, 0.6) is 0 Å². The highest BCUT2D eigenvalue weighted by Gasteiger charge is 2.31. The summed E-state index contributed by atoms with van der Waals surface area (Å²) in [6, 6.07) is 0. The maximum Gasteiger partial charge on any atom is 0.354 e. The third-order valence-electron chi connectivity index (χ3n) is 5.86. The van der Waals surface area contributed by atoms with E-state index in [4.69, 9.17) is 9.47 Å². The molecule has 1 amide bonds. The first kappa shape index (κ1) is 23.1. The van der Waals surface area contributed by atoms with Gasteiger partial charge in [-0.05, 0) is 45.6 Å². The highest BCUT2D eigenvalue weighted by molar-refractivity contribution is 6.04. The number of carbonyl (C=O) groups excluding carboxylic acids is 3. The lowest BCUT2D eigenvalue weighted by atomic mass is 10.0. The van der Waals surface area contributed by atoms with E-state index in [2.05, 4.69) is 0 Å². The van der Waals surface area contributed by atoms with Crippen molar-refractivity contribution in [2.24, 2.45) is 13.0 Å². The van der Waals surface area contributed by atoms with Gasteiger partial charge in [-0.1, -0.05) is 12.8 Å². The van der Waals surface area contributed by atoms with Gasteiger partial charge in [0.2, 0.25) is 5.91 Å². The van der Waals surface area contributed by atoms with Crippen LogP contribution >= 0.6 is 0 Å². The van der Waals surface area contributed by atoms with E-state index in [1.54, 1.807) is 23.4 Å². The molecule has 1 aliphatic carbocycles. The van der Waals surface area contributed by atoms with Crippen LogP contribution in [0.15, 0.2) is 0 Å². The fourth-order valence-electron chi connectivity index (χ4n) is 4.23. The number of nitrogens with zero attached hydrogens (tertiary/aromatic N) is 2. The van der Waals surface area contributed by atoms with Crippen LogP contribution in [0.1, 0.15) is 71.1 Å². The lowest BCUT2D eigenvalue weighted by Gasteiger charge is -2.25. The van der Waals surface area contributed by atoms with Crippen LogP contribution in [0.2, 0.25) is 0 Å². The molecule has 1 saturated carbocycles. The summed E-state index contributed by atoms with van der Waals surface area (Å²) < 4.78 is 11.9. The molecular formula is C22H34N2O5. The van der Waals surface area contributed by atoms with E-state index in [1.165, 1.54) is 7.11 Å². The number of esters is 1. The molecule has 0 saturated heterocycles. The Morgan fingerprint density at radius 3 is 2.41 bits per heavy atom. The Balaban J connectivity index is 2.22. The minimum absolute atomic E-state index is 0.0125. The van der Waals surface area contributed by atoms with Crippen molar-refractivity contribution in [3.63, 3.8) is 0 Å². The molecule has 2 rings (SSSR count). The highest BCUT2D eigenvalue weighted by Crippen LogP contribution is 2.27. The number of hydrogen-bond acceptors (Lipinski definition) is 5. The van der Waals surface area contributed by atoms with Crippen molar-refractivity contribution < 1.29 is 23.9 Å². The standard InChI is InChI=1S/C22H34N2O5/c1-6-29-13-9-12-24(21(26)17-10-7-8-11-17)14-18(25)19-15(2)20(22(27)28-5)23(4)16(19)3/h17H,6-14H2,1-5H3. The minimum atomic E-state index is -0.470. The average molecular weight is 407 g/mol. The molecule has 29 heavy (non-hydrogen) atoms. The van der Waals surface area contributed by atoms with Crippen molar-refractivity contribution in [3.05, 3.63) is 22.5 Å². The van der Waals surface area contributed by atoms with E-state index in [0.717, 1.165) is 25.7 Å². The molecule has 0 aliphatic heterocycles. The summed E-state index contributed by atoms with van der Waals surface area (Å²) >= 11 is 0. The zero-order valence-corrected chi connectivity index (χ0v) is 18.4. The Labute approximate surface area is 173 Å². The smallest absolute Gasteiger partial charge is 0.354 e. The molecule has 1 fully saturated rings. The molecule has 0 aromatic carbocycles. The van der Waals surface area contributed by atoms with Gasteiger partial charge in [-0.3, -0.25) is 9.59 Å². The normalized spacial score (nSPS) is 14.2. The van der Waals surface area contributed by atoms with Crippen molar-refractivity contribution in [2.75, 3.05) is 33.4 Å². The van der Waals surface area contributed by atoms with Gasteiger partial charge >= 0.3 is 5.97 Å². The molecule has 0 N–H and O–H groups in total. The van der Waals surface area contributed by atoms with Gasteiger partial charge in [0.25, 0.3) is 0 Å². The molecule has 1 aliphatic rings. The van der Waals surface area contributed by atoms with Crippen LogP contribution in [0, 0.1) is 19.8 Å². The third kappa shape index (κ3) is 5.26. The van der Waals surface area contributed by atoms with Crippen LogP contribution in [0.25, 0.3) is 0 Å². The predicted octanol–water partition coefficient (Wildman–Crippen LogP) is 3.06. The van der Waals surface area contributed by atoms with Crippen molar-refractivity contribution in [1.82, 2.24) is 9.47 Å². The van der Waals surface area contributed by atoms with E-state index in [0.29, 0.717) is 48.7 Å². The average Bonchev–Trinajstić information content (AvgIpc) is 3.31. The van der Waals surface area contributed by atoms with Gasteiger partial charge in [-0.25, -0.2) is 4.79 Å². The molecule has 1 aromatic rings. The summed E-state index contributed by atoms with van der Waals surface area (Å²) in [6.45, 7) is 7.22. The maximum atomic E-state index is 13.2. The van der Waals surface area contributed by atoms with Gasteiger partial charge in [0.05, 0.1) is 13.7 Å². The van der Waals surface area contributed by atoms with Gasteiger partial charge in [0.1, 0.15) is 5.69 Å². The number of methoxy groups -OCH3 is 1. The number of ketones is 1. The first-order chi connectivity index (χ1) is 13.8. The molecule has 0 spiro atoms. The highest BCUT2D eigenvalue weighted by atomic mass is 16.5. The Morgan fingerprint density at radius 2 is 1.83 bits per heavy atom. The second kappa shape index (κ2) is 10.6. The Morgan fingerprint density at radius 1 is 1.17 bits per heavy atom. The first-order valence-electron chi connectivity index (χ1n) is 10.5. The Hall–Kier alpha value is -2.15. The quantitative estimate of drug-likeness (QED) is 0.339. The lowest BCUT2D eigenvalue weighted by molar-refractivity contribution is -0.135. The van der Waals surface area contributed by atoms with E-state index in [1.807, 2.05) is 13.8 Å². The van der Waals surface area contributed by atoms with Crippen LogP contribution < -0.4 is 0 Å². The first-order valence-corrected chi connectivity index (χ1v) is 10.5. The molecule has 0 unspecified atom stereocenters. The topological polar surface area (TPSA) is 77.8 Å². The fraction of sp³-hybridized carbons (Fsp3) is 0.682. The summed E-state index contributed by atoms with van der Waals surface area (Å²) in [5.41, 5.74) is 2.18. The third-order valence-corrected chi connectivity index (χ3v) is 5.86. The molecule has 0 radical (unpaired) electrons. The second-order valence-electron chi connectivity index (χ2n) is 7.70. The number of Topliss-reactive ketones (excluding diaryl/α,β-unsaturated/α-hetero) is 1. The SMILES string of the molecule is CCOCCCN(CC(=O)c1c(C)c(C(=O)OC)n(C)c1C)C(=O)C1CCCC1. The van der Waals surface area contributed by atoms with Gasteiger partial charge in [0, 0.05) is 44.0 Å². The Kier molecular flexibility index (Phi) is 8.44. The van der Waals surface area contributed by atoms with E-state index in [-0.39, 0.29) is 24.2 Å². The van der Waals surface area contributed by atoms with Crippen LogP contribution in [0.3, 0.4) is 0 Å². The van der Waals surface area contributed by atoms with Gasteiger partial charge < -0.3 is 18.9 Å². The number of amides is 1. The second-order valence-corrected chi connectivity index (χ2v) is 7.70. The maximum absolute atomic E-state index is 13.2. The number of ether oxygens (including phenoxy) is 2. The van der Waals surface area contributed by atoms with Crippen LogP contribution in [-0.2, 0) is 21.3 Å². The summed E-state index contributed by atoms with van der Waals surface area (Å²) in [5.74, 6) is -0.540. The largest absolute Gasteiger partial charge is 0.464 e. The van der Waals surface area contributed by atoms with Crippen molar-refractivity contribution in [2.45, 2.75) is 52.9 Å². The van der Waals surface area contributed by atoms with Gasteiger partial charge in [0.15, 0.2) is 5.78 Å². The summed E-state index contributed by atoms with van der Waals surface area (Å²) in [4.78, 5) is 40.0. The summed E-state index contributed by atoms with van der Waals surface area (Å²) in [5, 5.41) is 0. The van der Waals surface area contributed by atoms with E-state index < -0.39 is 5.97 Å². The fourth-order valence-corrected chi connectivity index (χ4v) is 4.23. The number of aromatic nitrogens is 1. The molecule has 0 bridgehead atoms. The summed E-state index contributed by atoms with van der Waals surface area (Å²) in [6.07, 6.45) is 4.61. The number of hydrogen-bond donors (Lipinski definition) is 0. The van der Waals surface area contributed by atoms with Crippen molar-refractivity contribution in [1.29, 1.82) is 0 Å². The molecule has 1 heterocycles. The summed E-state index contributed by atoms with van der Waals surface area (Å²) in [7, 11) is 3.07. The molecular weight excluding hydrogens is 372 g/mol. The lowest BCUT2D eigenvalue weighted by Crippen LogP contribution is -2.40. The zero-order chi connectivity index (χ0) is 21.6. The van der Waals surface area contributed by atoms with E-state index >= 15 is 0 Å². The molecule has 7 heteroatoms. The minimum Gasteiger partial charge on any atom is -0.464 e. The monoisotopic (exact) mass is 406 g/mol. The zero-order valence-electron chi connectivity index (χ0n) is 18.4. The van der Waals surface area contributed by atoms with Crippen molar-refractivity contribution in [3.8, 4) is 0 Å². The van der Waals surface area contributed by atoms with Gasteiger partial charge in [-0.15, -0.1) is 0 Å². The van der Waals surface area contributed by atoms with Gasteiger partial charge in [-0.2, -0.15) is 0 Å². The number of carbonyl (C=O) groups is 3. The predicted molar refractivity (Wildman–Crippen MR) is 110 cm³/mol. The molecule has 0 atom stereocenters. The Bertz CT molecular complexity index is 747. The van der Waals surface area contributed by atoms with Crippen LogP contribution in [0.4, 0.5) is 0 Å². The number of rotatable bonds is 10. The van der Waals surface area contributed by atoms with E-state index in [9.17, 15) is 14.4 Å². The molecule has 7 nitrogen and oxygen atoms in total. The molecule has 1 aromatic heterocycles. The van der Waals surface area contributed by atoms with Crippen LogP contribution in [-0.4, -0.2) is 60.5 Å².